The van der Waals surface area contributed by atoms with E-state index < -0.39 is 7.26 Å². The zero-order valence-electron chi connectivity index (χ0n) is 8.73. The quantitative estimate of drug-likeness (QED) is 0.343. The third-order valence-corrected chi connectivity index (χ3v) is 9.19. The summed E-state index contributed by atoms with van der Waals surface area (Å²) in [7, 11) is -0.914. The van der Waals surface area contributed by atoms with Crippen LogP contribution in [0.3, 0.4) is 0 Å². The Kier molecular flexibility index (Phi) is 6.65. The molecular weight excluding hydrogens is 167 g/mol. The van der Waals surface area contributed by atoms with Crippen molar-refractivity contribution in [2.24, 2.45) is 0 Å². The van der Waals surface area contributed by atoms with Crippen LogP contribution in [0.2, 0.25) is 0 Å². The molecule has 1 nitrogen and oxygen atoms in total. The molecule has 0 radical (unpaired) electrons. The summed E-state index contributed by atoms with van der Waals surface area (Å²) in [6, 6.07) is 0. The molecule has 0 spiro atoms. The Morgan fingerprint density at radius 1 is 1.08 bits per heavy atom. The topological polar surface area (TPSA) is 17.1 Å². The van der Waals surface area contributed by atoms with E-state index in [9.17, 15) is 4.79 Å². The number of carbonyl (C=O) groups excluding carboxylic acids is 1. The molecule has 0 aromatic heterocycles. The maximum atomic E-state index is 10.2. The number of hydrogen-bond acceptors (Lipinski definition) is 1. The minimum atomic E-state index is -0.914. The van der Waals surface area contributed by atoms with Crippen LogP contribution in [0, 0.1) is 0 Å². The van der Waals surface area contributed by atoms with E-state index in [0.29, 0.717) is 0 Å². The molecule has 0 aromatic rings. The number of hydrogen-bond donors (Lipinski definition) is 0. The second kappa shape index (κ2) is 6.60. The monoisotopic (exact) mass is 190 g/mol. The molecule has 0 aliphatic rings. The van der Waals surface area contributed by atoms with Crippen LogP contribution in [0.15, 0.2) is 0 Å². The predicted molar refractivity (Wildman–Crippen MR) is 60.1 cm³/mol. The molecule has 0 aromatic carbocycles. The molecule has 0 aliphatic heterocycles. The van der Waals surface area contributed by atoms with Crippen molar-refractivity contribution in [3.8, 4) is 0 Å². The van der Waals surface area contributed by atoms with Crippen LogP contribution in [0.1, 0.15) is 33.6 Å². The second-order valence-corrected chi connectivity index (χ2v) is 9.24. The van der Waals surface area contributed by atoms with E-state index >= 15 is 0 Å². The van der Waals surface area contributed by atoms with E-state index in [4.69, 9.17) is 0 Å². The van der Waals surface area contributed by atoms with Gasteiger partial charge < -0.3 is 0 Å². The van der Waals surface area contributed by atoms with E-state index in [1.807, 2.05) is 0 Å². The van der Waals surface area contributed by atoms with E-state index in [1.165, 1.54) is 24.6 Å². The Balaban J connectivity index is 3.84. The second-order valence-electron chi connectivity index (χ2n) is 3.62. The zero-order chi connectivity index (χ0) is 9.45. The van der Waals surface area contributed by atoms with Crippen molar-refractivity contribution in [1.82, 2.24) is 0 Å². The Bertz CT molecular complexity index is 111. The minimum absolute atomic E-state index is 0.773. The van der Waals surface area contributed by atoms with Gasteiger partial charge in [-0.05, 0) is 0 Å². The third-order valence-electron chi connectivity index (χ3n) is 3.28. The van der Waals surface area contributed by atoms with Crippen molar-refractivity contribution in [2.75, 3.05) is 24.6 Å². The van der Waals surface area contributed by atoms with Crippen molar-refractivity contribution < 1.29 is 4.79 Å². The summed E-state index contributed by atoms with van der Waals surface area (Å²) in [6.07, 6.45) is 8.48. The molecule has 0 heterocycles. The van der Waals surface area contributed by atoms with Gasteiger partial charge in [0.2, 0.25) is 0 Å². The van der Waals surface area contributed by atoms with Gasteiger partial charge in [0.15, 0.2) is 0 Å². The van der Waals surface area contributed by atoms with Crippen molar-refractivity contribution in [3.05, 3.63) is 0 Å². The maximum absolute atomic E-state index is 10.2. The summed E-state index contributed by atoms with van der Waals surface area (Å²) in [5.74, 6) is 0. The van der Waals surface area contributed by atoms with E-state index in [1.54, 1.807) is 0 Å². The molecule has 0 saturated heterocycles. The Labute approximate surface area is 77.3 Å². The molecule has 74 valence electrons. The van der Waals surface area contributed by atoms with Crippen molar-refractivity contribution in [2.45, 2.75) is 33.6 Å². The van der Waals surface area contributed by atoms with E-state index in [0.717, 1.165) is 19.1 Å². The van der Waals surface area contributed by atoms with Gasteiger partial charge >= 0.3 is 76.6 Å². The molecule has 0 N–H and O–H groups in total. The van der Waals surface area contributed by atoms with Crippen molar-refractivity contribution in [3.63, 3.8) is 0 Å². The fourth-order valence-corrected chi connectivity index (χ4v) is 5.36. The average Bonchev–Trinajstić information content (AvgIpc) is 2.14. The van der Waals surface area contributed by atoms with Crippen molar-refractivity contribution in [1.29, 1.82) is 0 Å². The molecule has 0 unspecified atom stereocenters. The van der Waals surface area contributed by atoms with Gasteiger partial charge in [0.25, 0.3) is 0 Å². The zero-order valence-corrected chi connectivity index (χ0v) is 9.73. The van der Waals surface area contributed by atoms with Crippen LogP contribution in [-0.2, 0) is 4.79 Å². The number of rotatable bonds is 7. The number of unbranched alkanes of at least 4 members (excludes halogenated alkanes) is 1. The Morgan fingerprint density at radius 2 is 1.58 bits per heavy atom. The summed E-state index contributed by atoms with van der Waals surface area (Å²) < 4.78 is 0. The molecular formula is C10H23OP. The normalized spacial score (nSPS) is 12.9. The summed E-state index contributed by atoms with van der Waals surface area (Å²) in [4.78, 5) is 10.2. The van der Waals surface area contributed by atoms with Crippen LogP contribution in [0.4, 0.5) is 0 Å². The number of aldehydes is 1. The summed E-state index contributed by atoms with van der Waals surface area (Å²) >= 11 is 0. The first-order valence-electron chi connectivity index (χ1n) is 5.18. The first kappa shape index (κ1) is 12.1. The van der Waals surface area contributed by atoms with Gasteiger partial charge in [0.1, 0.15) is 0 Å². The van der Waals surface area contributed by atoms with Crippen LogP contribution in [-0.4, -0.2) is 30.9 Å². The molecule has 0 rings (SSSR count). The fraction of sp³-hybridized carbons (Fsp3) is 0.900. The van der Waals surface area contributed by atoms with Gasteiger partial charge in [-0.1, -0.05) is 0 Å². The number of carbonyl (C=O) groups is 1. The summed E-state index contributed by atoms with van der Waals surface area (Å²) in [6.45, 7) is 6.96. The Hall–Kier alpha value is 0.100. The summed E-state index contributed by atoms with van der Waals surface area (Å²) in [5, 5.41) is 0. The van der Waals surface area contributed by atoms with Gasteiger partial charge in [-0.2, -0.15) is 0 Å². The van der Waals surface area contributed by atoms with Crippen LogP contribution in [0.25, 0.3) is 0 Å². The van der Waals surface area contributed by atoms with Gasteiger partial charge in [-0.15, -0.1) is 0 Å². The van der Waals surface area contributed by atoms with Gasteiger partial charge in [-0.25, -0.2) is 0 Å². The van der Waals surface area contributed by atoms with Crippen LogP contribution in [0.5, 0.6) is 0 Å². The third kappa shape index (κ3) is 3.67. The molecule has 12 heavy (non-hydrogen) atoms. The fourth-order valence-electron chi connectivity index (χ4n) is 1.84. The first-order chi connectivity index (χ1) is 5.74. The molecule has 0 atom stereocenters. The average molecular weight is 190 g/mol. The first-order valence-corrected chi connectivity index (χ1v) is 8.01. The summed E-state index contributed by atoms with van der Waals surface area (Å²) in [5.41, 5.74) is 0. The Morgan fingerprint density at radius 3 is 1.92 bits per heavy atom. The molecule has 0 aliphatic carbocycles. The molecule has 2 heteroatoms. The van der Waals surface area contributed by atoms with Crippen molar-refractivity contribution >= 4 is 13.5 Å². The molecule has 0 bridgehead atoms. The van der Waals surface area contributed by atoms with Crippen LogP contribution >= 0.6 is 7.26 Å². The standard InChI is InChI=1S/C10H23OP/c1-4-12(5-2,6-3)10-8-7-9-11/h9,12H,4-8,10H2,1-3H3. The molecule has 0 fully saturated rings. The predicted octanol–water partition coefficient (Wildman–Crippen LogP) is 2.78. The van der Waals surface area contributed by atoms with Gasteiger partial charge in [-0.3, -0.25) is 0 Å². The molecule has 0 saturated carbocycles. The van der Waals surface area contributed by atoms with Crippen LogP contribution < -0.4 is 0 Å². The van der Waals surface area contributed by atoms with E-state index in [-0.39, 0.29) is 0 Å². The SMILES string of the molecule is CC[PH](CC)(CC)CCCC=O. The van der Waals surface area contributed by atoms with E-state index in [2.05, 4.69) is 20.8 Å². The van der Waals surface area contributed by atoms with Gasteiger partial charge in [0.05, 0.1) is 0 Å². The van der Waals surface area contributed by atoms with Gasteiger partial charge in [0, 0.05) is 0 Å². The molecule has 0 amide bonds.